The summed E-state index contributed by atoms with van der Waals surface area (Å²) in [5.41, 5.74) is 1.92. The predicted octanol–water partition coefficient (Wildman–Crippen LogP) is 3.08. The molecule has 0 aromatic carbocycles. The zero-order valence-electron chi connectivity index (χ0n) is 14.6. The maximum Gasteiger partial charge on any atom is 0.231 e. The molecule has 0 fully saturated rings. The van der Waals surface area contributed by atoms with Crippen LogP contribution in [0.25, 0.3) is 0 Å². The molecule has 0 aliphatic carbocycles. The Morgan fingerprint density at radius 2 is 1.57 bits per heavy atom. The van der Waals surface area contributed by atoms with Crippen LogP contribution < -0.4 is 11.3 Å². The van der Waals surface area contributed by atoms with Crippen molar-refractivity contribution in [3.63, 3.8) is 0 Å². The molecule has 4 nitrogen and oxygen atoms in total. The maximum atomic E-state index is 11.8. The molecule has 1 atom stereocenters. The first-order valence-electron chi connectivity index (χ1n) is 7.01. The number of ketones is 1. The summed E-state index contributed by atoms with van der Waals surface area (Å²) < 4.78 is 0. The first-order valence-corrected chi connectivity index (χ1v) is 7.01. The van der Waals surface area contributed by atoms with Gasteiger partial charge in [-0.05, 0) is 5.41 Å². The second-order valence-corrected chi connectivity index (χ2v) is 7.25. The molecule has 0 aromatic heterocycles. The van der Waals surface area contributed by atoms with Crippen molar-refractivity contribution >= 4 is 11.7 Å². The third kappa shape index (κ3) is 16.4. The van der Waals surface area contributed by atoms with Crippen LogP contribution in [0.15, 0.2) is 0 Å². The number of carbonyl (C=O) groups excluding carboxylic acids is 2. The number of carbonyl (C=O) groups is 2. The van der Waals surface area contributed by atoms with E-state index in [2.05, 4.69) is 34.6 Å². The average Bonchev–Trinajstić information content (AvgIpc) is 2.25. The van der Waals surface area contributed by atoms with E-state index < -0.39 is 0 Å². The van der Waals surface area contributed by atoms with Gasteiger partial charge in [0.25, 0.3) is 0 Å². The van der Waals surface area contributed by atoms with Crippen molar-refractivity contribution in [1.29, 1.82) is 0 Å². The second kappa shape index (κ2) is 11.7. The van der Waals surface area contributed by atoms with E-state index in [9.17, 15) is 9.59 Å². The zero-order chi connectivity index (χ0) is 16.6. The van der Waals surface area contributed by atoms with Gasteiger partial charge >= 0.3 is 0 Å². The average molecular weight is 373 g/mol. The Kier molecular flexibility index (Phi) is 14.6. The Morgan fingerprint density at radius 1 is 1.14 bits per heavy atom. The minimum absolute atomic E-state index is 0. The Bertz CT molecular complexity index is 304. The van der Waals surface area contributed by atoms with Gasteiger partial charge in [-0.1, -0.05) is 48.0 Å². The van der Waals surface area contributed by atoms with Gasteiger partial charge < -0.3 is 18.6 Å². The van der Waals surface area contributed by atoms with Crippen molar-refractivity contribution in [3.8, 4) is 0 Å². The van der Waals surface area contributed by atoms with Gasteiger partial charge in [-0.2, -0.15) is 6.42 Å². The van der Waals surface area contributed by atoms with Gasteiger partial charge in [0.2, 0.25) is 5.91 Å². The molecule has 0 saturated carbocycles. The van der Waals surface area contributed by atoms with Crippen molar-refractivity contribution < 1.29 is 42.3 Å². The molecule has 5 heteroatoms. The van der Waals surface area contributed by atoms with E-state index >= 15 is 0 Å². The third-order valence-corrected chi connectivity index (χ3v) is 2.53. The van der Waals surface area contributed by atoms with Crippen LogP contribution in [0.4, 0.5) is 0 Å². The molecule has 3 N–H and O–H groups in total. The molecule has 1 amide bonds. The molecule has 0 aliphatic heterocycles. The molecule has 21 heavy (non-hydrogen) atoms. The Morgan fingerprint density at radius 3 is 1.76 bits per heavy atom. The third-order valence-electron chi connectivity index (χ3n) is 2.53. The molecule has 0 rings (SSSR count). The molecule has 123 valence electrons. The number of nitrogens with one attached hydrogen (secondary N) is 1. The Hall–Kier alpha value is 0.204. The fourth-order valence-corrected chi connectivity index (χ4v) is 1.68. The second-order valence-electron chi connectivity index (χ2n) is 7.25. The number of rotatable bonds is 4. The van der Waals surface area contributed by atoms with Crippen LogP contribution >= 0.6 is 0 Å². The summed E-state index contributed by atoms with van der Waals surface area (Å²) in [4.78, 5) is 21.9. The number of hydrogen-bond acceptors (Lipinski definition) is 3. The summed E-state index contributed by atoms with van der Waals surface area (Å²) in [5.74, 6) is 4.77. The molecule has 0 bridgehead atoms. The molecular weight excluding hydrogens is 341 g/mol. The molecule has 1 unspecified atom stereocenters. The van der Waals surface area contributed by atoms with E-state index in [0.29, 0.717) is 12.8 Å². The van der Waals surface area contributed by atoms with Crippen molar-refractivity contribution in [2.24, 2.45) is 22.6 Å². The van der Waals surface area contributed by atoms with Crippen LogP contribution in [0, 0.1) is 30.6 Å². The van der Waals surface area contributed by atoms with E-state index in [-0.39, 0.29) is 61.1 Å². The van der Waals surface area contributed by atoms with Crippen molar-refractivity contribution in [2.75, 3.05) is 0 Å². The molecule has 0 aromatic rings. The fourth-order valence-electron chi connectivity index (χ4n) is 1.68. The van der Waals surface area contributed by atoms with E-state index in [4.69, 9.17) is 5.84 Å². The smallest absolute Gasteiger partial charge is 0.231 e. The summed E-state index contributed by atoms with van der Waals surface area (Å²) in [6, 6.07) is 0. The topological polar surface area (TPSA) is 72.2 Å². The quantitative estimate of drug-likeness (QED) is 0.344. The van der Waals surface area contributed by atoms with E-state index in [1.54, 1.807) is 0 Å². The molecule has 0 heterocycles. The van der Waals surface area contributed by atoms with E-state index in [1.807, 2.05) is 26.2 Å². The molecule has 0 saturated heterocycles. The fraction of sp³-hybridized carbons (Fsp3) is 0.750. The number of nitrogens with two attached hydrogens (primary N) is 1. The molecule has 0 aliphatic rings. The maximum absolute atomic E-state index is 11.8. The first-order chi connectivity index (χ1) is 8.85. The molecule has 1 radical (unpaired) electrons. The number of hydrazine groups is 1. The van der Waals surface area contributed by atoms with Crippen LogP contribution in [0.5, 0.6) is 0 Å². The van der Waals surface area contributed by atoms with Crippen LogP contribution in [0.3, 0.4) is 0 Å². The van der Waals surface area contributed by atoms with Gasteiger partial charge in [-0.3, -0.25) is 10.2 Å². The summed E-state index contributed by atoms with van der Waals surface area (Å²) in [6.07, 6.45) is 1.88. The minimum Gasteiger partial charge on any atom is -0.343 e. The van der Waals surface area contributed by atoms with Crippen LogP contribution in [-0.2, 0) is 42.3 Å². The van der Waals surface area contributed by atoms with Crippen LogP contribution in [0.2, 0.25) is 0 Å². The molecule has 0 spiro atoms. The minimum atomic E-state index is -0.252. The predicted molar refractivity (Wildman–Crippen MR) is 84.3 cm³/mol. The van der Waals surface area contributed by atoms with Gasteiger partial charge in [-0.25, -0.2) is 5.84 Å². The number of Topliss-reactive ketones (excluding diaryl/α,β-unsaturated/α-hetero) is 1. The largest absolute Gasteiger partial charge is 0.343 e. The molecular formula is C16H32N2O2Y-2. The van der Waals surface area contributed by atoms with E-state index in [1.165, 1.54) is 0 Å². The van der Waals surface area contributed by atoms with Crippen LogP contribution in [-0.4, -0.2) is 11.7 Å². The summed E-state index contributed by atoms with van der Waals surface area (Å²) in [6.45, 7) is 19.7. The number of amides is 1. The van der Waals surface area contributed by atoms with Gasteiger partial charge in [0, 0.05) is 44.5 Å². The van der Waals surface area contributed by atoms with Crippen molar-refractivity contribution in [2.45, 2.75) is 60.8 Å². The van der Waals surface area contributed by atoms with Gasteiger partial charge in [-0.15, -0.1) is 5.92 Å². The summed E-state index contributed by atoms with van der Waals surface area (Å²) in [5, 5.41) is 0. The standard InChI is InChI=1S/C12H23O.C4H9N2O.Y/c1-9(8-11(2,3)4)10(13)12(5,6)7;1-2-3-4(7)6-5;/h9H,1,8H2,2-7H3;1-3,5H2,(H,6,7);/q2*-1;. The summed E-state index contributed by atoms with van der Waals surface area (Å²) in [7, 11) is 0. The normalized spacial score (nSPS) is 12.4. The monoisotopic (exact) mass is 373 g/mol. The van der Waals surface area contributed by atoms with Gasteiger partial charge in [0.05, 0.1) is 0 Å². The first kappa shape index (κ1) is 26.1. The Labute approximate surface area is 156 Å². The van der Waals surface area contributed by atoms with Crippen molar-refractivity contribution in [3.05, 3.63) is 13.8 Å². The number of hydrogen-bond donors (Lipinski definition) is 2. The van der Waals surface area contributed by atoms with Crippen molar-refractivity contribution in [1.82, 2.24) is 5.43 Å². The van der Waals surface area contributed by atoms with Crippen LogP contribution in [0.1, 0.15) is 60.8 Å². The Balaban J connectivity index is -0.000000347. The summed E-state index contributed by atoms with van der Waals surface area (Å²) >= 11 is 0. The van der Waals surface area contributed by atoms with Gasteiger partial charge in [0.1, 0.15) is 5.78 Å². The zero-order valence-corrected chi connectivity index (χ0v) is 17.4. The van der Waals surface area contributed by atoms with E-state index in [0.717, 1.165) is 6.42 Å². The SMILES string of the molecule is [CH2-]C(CC(C)(C)C)C(=O)C(C)(C)C.[CH2-]CCC(=O)NN.[Y]. The van der Waals surface area contributed by atoms with Gasteiger partial charge in [0.15, 0.2) is 0 Å².